The van der Waals surface area contributed by atoms with Crippen LogP contribution in [0.15, 0.2) is 16.6 Å². The monoisotopic (exact) mass is 371 g/mol. The second-order valence-electron chi connectivity index (χ2n) is 3.85. The van der Waals surface area contributed by atoms with Gasteiger partial charge < -0.3 is 19.9 Å². The highest BCUT2D eigenvalue weighted by Crippen LogP contribution is 2.33. The number of hydrogen-bond donors (Lipinski definition) is 2. The van der Waals surface area contributed by atoms with Crippen molar-refractivity contribution in [1.29, 1.82) is 0 Å². The molecule has 0 aromatic heterocycles. The van der Waals surface area contributed by atoms with Crippen molar-refractivity contribution in [2.24, 2.45) is 0 Å². The minimum Gasteiger partial charge on any atom is -0.389 e. The van der Waals surface area contributed by atoms with Crippen LogP contribution >= 0.6 is 39.1 Å². The normalized spacial score (nSPS) is 12.5. The average Bonchev–Trinajstić information content (AvgIpc) is 2.33. The van der Waals surface area contributed by atoms with Gasteiger partial charge in [-0.15, -0.1) is 0 Å². The Morgan fingerprint density at radius 1 is 1.32 bits per heavy atom. The van der Waals surface area contributed by atoms with E-state index in [0.717, 1.165) is 4.47 Å². The third-order valence-corrected chi connectivity index (χ3v) is 3.32. The molecule has 1 aromatic rings. The highest BCUT2D eigenvalue weighted by atomic mass is 79.9. The Bertz CT molecular complexity index is 384. The van der Waals surface area contributed by atoms with Gasteiger partial charge in [0.1, 0.15) is 0 Å². The van der Waals surface area contributed by atoms with E-state index in [4.69, 9.17) is 32.7 Å². The Morgan fingerprint density at radius 3 is 2.53 bits per heavy atom. The van der Waals surface area contributed by atoms with Crippen molar-refractivity contribution in [2.45, 2.75) is 6.10 Å². The molecule has 19 heavy (non-hydrogen) atoms. The first kappa shape index (κ1) is 17.0. The van der Waals surface area contributed by atoms with Crippen LogP contribution in [0.2, 0.25) is 10.0 Å². The zero-order valence-corrected chi connectivity index (χ0v) is 13.6. The SMILES string of the molecule is COCCOCC(O)CNc1c(Cl)cc(Br)cc1Cl. The van der Waals surface area contributed by atoms with E-state index in [1.54, 1.807) is 19.2 Å². The Labute approximate surface area is 131 Å². The van der Waals surface area contributed by atoms with Gasteiger partial charge in [-0.05, 0) is 12.1 Å². The van der Waals surface area contributed by atoms with Crippen molar-refractivity contribution in [2.75, 3.05) is 38.8 Å². The van der Waals surface area contributed by atoms with Gasteiger partial charge in [0.25, 0.3) is 0 Å². The van der Waals surface area contributed by atoms with Crippen molar-refractivity contribution in [3.05, 3.63) is 26.7 Å². The summed E-state index contributed by atoms with van der Waals surface area (Å²) in [6.07, 6.45) is -0.646. The van der Waals surface area contributed by atoms with E-state index in [-0.39, 0.29) is 6.61 Å². The van der Waals surface area contributed by atoms with Crippen LogP contribution < -0.4 is 5.32 Å². The van der Waals surface area contributed by atoms with Gasteiger partial charge >= 0.3 is 0 Å². The molecule has 108 valence electrons. The van der Waals surface area contributed by atoms with Crippen LogP contribution in [0.5, 0.6) is 0 Å². The first-order valence-corrected chi connectivity index (χ1v) is 7.22. The third kappa shape index (κ3) is 6.29. The molecule has 0 aliphatic carbocycles. The van der Waals surface area contributed by atoms with Crippen LogP contribution in [-0.2, 0) is 9.47 Å². The molecule has 1 unspecified atom stereocenters. The lowest BCUT2D eigenvalue weighted by Gasteiger charge is -2.15. The summed E-state index contributed by atoms with van der Waals surface area (Å²) in [6, 6.07) is 3.47. The number of rotatable bonds is 8. The Kier molecular flexibility index (Phi) is 8.06. The summed E-state index contributed by atoms with van der Waals surface area (Å²) in [4.78, 5) is 0. The van der Waals surface area contributed by atoms with Gasteiger partial charge in [0.05, 0.1) is 41.7 Å². The number of aliphatic hydroxyl groups is 1. The number of halogens is 3. The highest BCUT2D eigenvalue weighted by molar-refractivity contribution is 9.10. The van der Waals surface area contributed by atoms with Gasteiger partial charge in [0.2, 0.25) is 0 Å². The molecule has 0 spiro atoms. The maximum atomic E-state index is 9.72. The molecule has 7 heteroatoms. The number of hydrogen-bond acceptors (Lipinski definition) is 4. The Hall–Kier alpha value is -0.0400. The second-order valence-corrected chi connectivity index (χ2v) is 5.58. The largest absolute Gasteiger partial charge is 0.389 e. The predicted octanol–water partition coefficient (Wildman–Crippen LogP) is 3.19. The topological polar surface area (TPSA) is 50.7 Å². The minimum absolute atomic E-state index is 0.224. The summed E-state index contributed by atoms with van der Waals surface area (Å²) in [5.74, 6) is 0. The highest BCUT2D eigenvalue weighted by Gasteiger charge is 2.10. The molecule has 0 radical (unpaired) electrons. The van der Waals surface area contributed by atoms with Crippen molar-refractivity contribution >= 4 is 44.8 Å². The molecule has 2 N–H and O–H groups in total. The summed E-state index contributed by atoms with van der Waals surface area (Å²) in [7, 11) is 1.60. The number of benzene rings is 1. The molecule has 1 rings (SSSR count). The molecular weight excluding hydrogens is 357 g/mol. The maximum absolute atomic E-state index is 9.72. The average molecular weight is 373 g/mol. The molecule has 0 aliphatic rings. The van der Waals surface area contributed by atoms with E-state index in [1.807, 2.05) is 0 Å². The molecule has 1 aromatic carbocycles. The summed E-state index contributed by atoms with van der Waals surface area (Å²) in [5.41, 5.74) is 0.600. The number of aliphatic hydroxyl groups excluding tert-OH is 1. The molecule has 0 fully saturated rings. The van der Waals surface area contributed by atoms with Crippen molar-refractivity contribution in [1.82, 2.24) is 0 Å². The summed E-state index contributed by atoms with van der Waals surface area (Å²) >= 11 is 15.4. The third-order valence-electron chi connectivity index (χ3n) is 2.26. The van der Waals surface area contributed by atoms with Gasteiger partial charge in [-0.3, -0.25) is 0 Å². The van der Waals surface area contributed by atoms with Crippen molar-refractivity contribution < 1.29 is 14.6 Å². The summed E-state index contributed by atoms with van der Waals surface area (Å²) in [6.45, 7) is 1.48. The number of ether oxygens (including phenoxy) is 2. The first-order valence-electron chi connectivity index (χ1n) is 5.67. The zero-order valence-electron chi connectivity index (χ0n) is 10.5. The van der Waals surface area contributed by atoms with Gasteiger partial charge in [0.15, 0.2) is 0 Å². The van der Waals surface area contributed by atoms with Crippen molar-refractivity contribution in [3.8, 4) is 0 Å². The fraction of sp³-hybridized carbons (Fsp3) is 0.500. The standard InChI is InChI=1S/C12H16BrCl2NO3/c1-18-2-3-19-7-9(17)6-16-12-10(14)4-8(13)5-11(12)15/h4-5,9,16-17H,2-3,6-7H2,1H3. The van der Waals surface area contributed by atoms with E-state index >= 15 is 0 Å². The fourth-order valence-electron chi connectivity index (χ4n) is 1.35. The van der Waals surface area contributed by atoms with Crippen LogP contribution in [0.25, 0.3) is 0 Å². The quantitative estimate of drug-likeness (QED) is 0.688. The lowest BCUT2D eigenvalue weighted by Crippen LogP contribution is -2.25. The number of anilines is 1. The van der Waals surface area contributed by atoms with Gasteiger partial charge in [-0.2, -0.15) is 0 Å². The summed E-state index contributed by atoms with van der Waals surface area (Å²) < 4.78 is 10.9. The molecule has 1 atom stereocenters. The van der Waals surface area contributed by atoms with Crippen LogP contribution in [-0.4, -0.2) is 44.7 Å². The lowest BCUT2D eigenvalue weighted by atomic mass is 10.3. The fourth-order valence-corrected chi connectivity index (χ4v) is 2.69. The van der Waals surface area contributed by atoms with Crippen LogP contribution in [0.1, 0.15) is 0 Å². The van der Waals surface area contributed by atoms with E-state index in [9.17, 15) is 5.11 Å². The van der Waals surface area contributed by atoms with Crippen LogP contribution in [0.4, 0.5) is 5.69 Å². The predicted molar refractivity (Wildman–Crippen MR) is 81.4 cm³/mol. The Morgan fingerprint density at radius 2 is 1.95 bits per heavy atom. The van der Waals surface area contributed by atoms with Crippen LogP contribution in [0.3, 0.4) is 0 Å². The van der Waals surface area contributed by atoms with E-state index in [2.05, 4.69) is 21.2 Å². The summed E-state index contributed by atoms with van der Waals surface area (Å²) in [5, 5.41) is 13.7. The first-order chi connectivity index (χ1) is 9.04. The molecule has 0 saturated heterocycles. The lowest BCUT2D eigenvalue weighted by molar-refractivity contribution is 0.0182. The van der Waals surface area contributed by atoms with E-state index in [1.165, 1.54) is 0 Å². The Balaban J connectivity index is 2.40. The van der Waals surface area contributed by atoms with E-state index in [0.29, 0.717) is 35.5 Å². The number of nitrogens with one attached hydrogen (secondary N) is 1. The minimum atomic E-state index is -0.646. The van der Waals surface area contributed by atoms with Crippen molar-refractivity contribution in [3.63, 3.8) is 0 Å². The molecule has 0 saturated carbocycles. The molecule has 4 nitrogen and oxygen atoms in total. The van der Waals surface area contributed by atoms with E-state index < -0.39 is 6.10 Å². The van der Waals surface area contributed by atoms with Crippen LogP contribution in [0, 0.1) is 0 Å². The number of methoxy groups -OCH3 is 1. The van der Waals surface area contributed by atoms with Gasteiger partial charge in [0, 0.05) is 18.1 Å². The van der Waals surface area contributed by atoms with Gasteiger partial charge in [-0.25, -0.2) is 0 Å². The molecule has 0 heterocycles. The second kappa shape index (κ2) is 9.00. The molecule has 0 amide bonds. The maximum Gasteiger partial charge on any atom is 0.0945 e. The molecular formula is C12H16BrCl2NO3. The zero-order chi connectivity index (χ0) is 14.3. The molecule has 0 aliphatic heterocycles. The molecule has 0 bridgehead atoms. The smallest absolute Gasteiger partial charge is 0.0945 e. The van der Waals surface area contributed by atoms with Gasteiger partial charge in [-0.1, -0.05) is 39.1 Å².